The maximum Gasteiger partial charge on any atom is 0.137 e. The summed E-state index contributed by atoms with van der Waals surface area (Å²) in [4.78, 5) is 2.43. The van der Waals surface area contributed by atoms with Crippen molar-refractivity contribution in [2.75, 3.05) is 4.90 Å². The molecule has 3 heteroatoms. The Morgan fingerprint density at radius 1 is 0.317 bits per heavy atom. The van der Waals surface area contributed by atoms with Gasteiger partial charge in [-0.25, -0.2) is 0 Å². The number of para-hydroxylation sites is 4. The minimum atomic E-state index is 0.849. The Hall–Kier alpha value is -8.40. The van der Waals surface area contributed by atoms with Gasteiger partial charge in [0.1, 0.15) is 11.2 Å². The van der Waals surface area contributed by atoms with Gasteiger partial charge in [-0.05, 0) is 106 Å². The van der Waals surface area contributed by atoms with Gasteiger partial charge < -0.3 is 13.9 Å². The standard InChI is InChI=1S/C60H40N2O/c1-3-18-41(19-4-1)43-34-39-48(47-23-8-7-22-46(47)42-20-5-2-6-21-42)53(40-43)51-26-11-15-30-56(51)62(57-31-17-33-59-60(57)52-27-12-16-32-58(52)63-59)45-37-35-44(36-38-45)61-54-28-13-9-24-49(54)50-25-10-14-29-55(50)61/h1-40H. The van der Waals surface area contributed by atoms with E-state index in [0.29, 0.717) is 0 Å². The van der Waals surface area contributed by atoms with Crippen LogP contribution in [0.2, 0.25) is 0 Å². The first-order valence-electron chi connectivity index (χ1n) is 21.5. The van der Waals surface area contributed by atoms with Gasteiger partial charge in [-0.15, -0.1) is 0 Å². The topological polar surface area (TPSA) is 21.3 Å². The van der Waals surface area contributed by atoms with Crippen LogP contribution in [0.15, 0.2) is 247 Å². The third-order valence-electron chi connectivity index (χ3n) is 12.4. The molecule has 0 radical (unpaired) electrons. The maximum absolute atomic E-state index is 6.55. The average Bonchev–Trinajstić information content (AvgIpc) is 3.91. The second-order valence-electron chi connectivity index (χ2n) is 16.0. The molecule has 0 aliphatic rings. The van der Waals surface area contributed by atoms with E-state index < -0.39 is 0 Å². The van der Waals surface area contributed by atoms with Gasteiger partial charge in [-0.2, -0.15) is 0 Å². The molecule has 0 saturated carbocycles. The second kappa shape index (κ2) is 15.3. The van der Waals surface area contributed by atoms with Crippen molar-refractivity contribution in [3.05, 3.63) is 243 Å². The smallest absolute Gasteiger partial charge is 0.137 e. The molecule has 12 rings (SSSR count). The van der Waals surface area contributed by atoms with E-state index in [1.807, 2.05) is 6.07 Å². The number of nitrogens with zero attached hydrogens (tertiary/aromatic N) is 2. The molecule has 0 N–H and O–H groups in total. The molecule has 0 saturated heterocycles. The van der Waals surface area contributed by atoms with Gasteiger partial charge in [-0.1, -0.05) is 176 Å². The Kier molecular flexibility index (Phi) is 8.83. The van der Waals surface area contributed by atoms with E-state index in [4.69, 9.17) is 4.42 Å². The highest BCUT2D eigenvalue weighted by Crippen LogP contribution is 2.49. The second-order valence-corrected chi connectivity index (χ2v) is 16.0. The van der Waals surface area contributed by atoms with E-state index >= 15 is 0 Å². The highest BCUT2D eigenvalue weighted by atomic mass is 16.3. The van der Waals surface area contributed by atoms with E-state index in [2.05, 4.69) is 246 Å². The quantitative estimate of drug-likeness (QED) is 0.153. The van der Waals surface area contributed by atoms with Crippen molar-refractivity contribution in [3.63, 3.8) is 0 Å². The molecular weight excluding hydrogens is 765 g/mol. The number of fused-ring (bicyclic) bond motifs is 6. The van der Waals surface area contributed by atoms with Crippen LogP contribution in [0.5, 0.6) is 0 Å². The van der Waals surface area contributed by atoms with Crippen LogP contribution in [0, 0.1) is 0 Å². The number of hydrogen-bond acceptors (Lipinski definition) is 2. The van der Waals surface area contributed by atoms with Crippen molar-refractivity contribution in [3.8, 4) is 50.2 Å². The Balaban J connectivity index is 1.11. The minimum absolute atomic E-state index is 0.849. The molecule has 2 aromatic heterocycles. The van der Waals surface area contributed by atoms with E-state index in [0.717, 1.165) is 66.9 Å². The first-order chi connectivity index (χ1) is 31.3. The molecule has 0 spiro atoms. The van der Waals surface area contributed by atoms with Crippen molar-refractivity contribution >= 4 is 60.8 Å². The van der Waals surface area contributed by atoms with Gasteiger partial charge in [0.05, 0.1) is 27.8 Å². The zero-order valence-corrected chi connectivity index (χ0v) is 34.4. The third kappa shape index (κ3) is 6.21. The summed E-state index contributed by atoms with van der Waals surface area (Å²) >= 11 is 0. The predicted octanol–water partition coefficient (Wildman–Crippen LogP) is 16.8. The lowest BCUT2D eigenvalue weighted by molar-refractivity contribution is 0.669. The zero-order chi connectivity index (χ0) is 41.7. The average molecular weight is 805 g/mol. The van der Waals surface area contributed by atoms with Crippen LogP contribution in [0.3, 0.4) is 0 Å². The van der Waals surface area contributed by atoms with Crippen molar-refractivity contribution in [1.82, 2.24) is 4.57 Å². The number of hydrogen-bond donors (Lipinski definition) is 0. The molecule has 296 valence electrons. The van der Waals surface area contributed by atoms with Crippen molar-refractivity contribution in [2.24, 2.45) is 0 Å². The Labute approximate surface area is 366 Å². The lowest BCUT2D eigenvalue weighted by Crippen LogP contribution is -2.12. The first-order valence-corrected chi connectivity index (χ1v) is 21.5. The van der Waals surface area contributed by atoms with Crippen molar-refractivity contribution in [2.45, 2.75) is 0 Å². The molecule has 0 unspecified atom stereocenters. The fourth-order valence-electron chi connectivity index (χ4n) is 9.60. The molecule has 0 atom stereocenters. The van der Waals surface area contributed by atoms with Crippen LogP contribution >= 0.6 is 0 Å². The van der Waals surface area contributed by atoms with E-state index in [1.165, 1.54) is 44.1 Å². The summed E-state index contributed by atoms with van der Waals surface area (Å²) in [5, 5.41) is 4.64. The molecule has 0 bridgehead atoms. The van der Waals surface area contributed by atoms with Crippen LogP contribution in [0.1, 0.15) is 0 Å². The largest absolute Gasteiger partial charge is 0.456 e. The maximum atomic E-state index is 6.55. The van der Waals surface area contributed by atoms with E-state index in [1.54, 1.807) is 0 Å². The molecule has 3 nitrogen and oxygen atoms in total. The fourth-order valence-corrected chi connectivity index (χ4v) is 9.60. The van der Waals surface area contributed by atoms with Gasteiger partial charge in [0.2, 0.25) is 0 Å². The normalized spacial score (nSPS) is 11.5. The molecule has 0 aliphatic heterocycles. The monoisotopic (exact) mass is 804 g/mol. The molecule has 0 amide bonds. The molecule has 63 heavy (non-hydrogen) atoms. The molecule has 12 aromatic rings. The zero-order valence-electron chi connectivity index (χ0n) is 34.4. The summed E-state index contributed by atoms with van der Waals surface area (Å²) in [5.41, 5.74) is 17.6. The van der Waals surface area contributed by atoms with Crippen LogP contribution < -0.4 is 4.90 Å². The summed E-state index contributed by atoms with van der Waals surface area (Å²) in [6, 6.07) is 87.2. The van der Waals surface area contributed by atoms with Crippen LogP contribution in [0.25, 0.3) is 93.9 Å². The third-order valence-corrected chi connectivity index (χ3v) is 12.4. The van der Waals surface area contributed by atoms with Gasteiger partial charge in [-0.3, -0.25) is 0 Å². The molecular formula is C60H40N2O. The molecule has 0 aliphatic carbocycles. The summed E-state index contributed by atoms with van der Waals surface area (Å²) in [6.07, 6.45) is 0. The summed E-state index contributed by atoms with van der Waals surface area (Å²) < 4.78 is 8.92. The number of benzene rings is 10. The van der Waals surface area contributed by atoms with Gasteiger partial charge in [0, 0.05) is 33.1 Å². The number of anilines is 3. The summed E-state index contributed by atoms with van der Waals surface area (Å²) in [5.74, 6) is 0. The molecule has 10 aromatic carbocycles. The molecule has 0 fully saturated rings. The van der Waals surface area contributed by atoms with E-state index in [-0.39, 0.29) is 0 Å². The van der Waals surface area contributed by atoms with E-state index in [9.17, 15) is 0 Å². The fraction of sp³-hybridized carbons (Fsp3) is 0. The predicted molar refractivity (Wildman–Crippen MR) is 264 cm³/mol. The highest BCUT2D eigenvalue weighted by molar-refractivity contribution is 6.14. The van der Waals surface area contributed by atoms with Gasteiger partial charge >= 0.3 is 0 Å². The Morgan fingerprint density at radius 2 is 0.857 bits per heavy atom. The summed E-state index contributed by atoms with van der Waals surface area (Å²) in [6.45, 7) is 0. The minimum Gasteiger partial charge on any atom is -0.456 e. The van der Waals surface area contributed by atoms with Crippen molar-refractivity contribution < 1.29 is 4.42 Å². The van der Waals surface area contributed by atoms with Crippen LogP contribution in [-0.2, 0) is 0 Å². The number of rotatable bonds is 8. The van der Waals surface area contributed by atoms with Gasteiger partial charge in [0.25, 0.3) is 0 Å². The van der Waals surface area contributed by atoms with Crippen molar-refractivity contribution in [1.29, 1.82) is 0 Å². The number of aromatic nitrogens is 1. The Morgan fingerprint density at radius 3 is 1.59 bits per heavy atom. The van der Waals surface area contributed by atoms with Crippen LogP contribution in [-0.4, -0.2) is 4.57 Å². The molecule has 2 heterocycles. The lowest BCUT2D eigenvalue weighted by Gasteiger charge is -2.29. The SMILES string of the molecule is c1ccc(-c2ccc(-c3ccccc3-c3ccccc3)c(-c3ccccc3N(c3ccc(-n4c5ccccc5c5ccccc54)cc3)c3cccc4oc5ccccc5c34)c2)cc1. The lowest BCUT2D eigenvalue weighted by atomic mass is 9.86. The first kappa shape index (κ1) is 36.5. The Bertz CT molecular complexity index is 3570. The summed E-state index contributed by atoms with van der Waals surface area (Å²) in [7, 11) is 0. The number of furan rings is 1. The highest BCUT2D eigenvalue weighted by Gasteiger charge is 2.24. The van der Waals surface area contributed by atoms with Gasteiger partial charge in [0.15, 0.2) is 0 Å². The van der Waals surface area contributed by atoms with Crippen LogP contribution in [0.4, 0.5) is 17.1 Å².